The van der Waals surface area contributed by atoms with Crippen LogP contribution in [0.4, 0.5) is 0 Å². The molecule has 5 heterocycles. The second-order valence-electron chi connectivity index (χ2n) is 9.22. The lowest BCUT2D eigenvalue weighted by atomic mass is 9.92. The maximum Gasteiger partial charge on any atom is 0.158 e. The van der Waals surface area contributed by atoms with E-state index in [2.05, 4.69) is 60.3 Å². The maximum absolute atomic E-state index is 4.42. The summed E-state index contributed by atoms with van der Waals surface area (Å²) in [4.78, 5) is 11.1. The Morgan fingerprint density at radius 3 is 2.79 bits per heavy atom. The number of hydrogen-bond acceptors (Lipinski definition) is 4. The molecule has 1 aliphatic heterocycles. The Balaban J connectivity index is 1.52. The van der Waals surface area contributed by atoms with Crippen molar-refractivity contribution in [3.8, 4) is 11.3 Å². The van der Waals surface area contributed by atoms with Crippen molar-refractivity contribution in [1.29, 1.82) is 0 Å². The number of aryl methyl sites for hydroxylation is 1. The number of aromatic amines is 1. The van der Waals surface area contributed by atoms with Gasteiger partial charge in [0.2, 0.25) is 0 Å². The molecule has 4 aromatic heterocycles. The summed E-state index contributed by atoms with van der Waals surface area (Å²) in [5.74, 6) is 2.02. The van der Waals surface area contributed by atoms with Gasteiger partial charge in [0, 0.05) is 28.1 Å². The Kier molecular flexibility index (Phi) is 3.75. The van der Waals surface area contributed by atoms with Crippen molar-refractivity contribution in [2.75, 3.05) is 6.54 Å². The van der Waals surface area contributed by atoms with Crippen LogP contribution in [0.3, 0.4) is 0 Å². The van der Waals surface area contributed by atoms with Crippen molar-refractivity contribution in [2.24, 2.45) is 5.92 Å². The van der Waals surface area contributed by atoms with Crippen LogP contribution in [0.2, 0.25) is 0 Å². The minimum atomic E-state index is 0.453. The van der Waals surface area contributed by atoms with Gasteiger partial charge in [-0.05, 0) is 73.7 Å². The molecule has 4 aromatic rings. The average molecular weight is 406 g/mol. The van der Waals surface area contributed by atoms with Crippen LogP contribution < -0.4 is 5.32 Å². The largest absolute Gasteiger partial charge is 0.346 e. The Labute approximate surface area is 174 Å². The number of nitrogens with zero attached hydrogens (tertiary/aromatic N) is 3. The Morgan fingerprint density at radius 2 is 2.07 bits per heavy atom. The molecule has 150 valence electrons. The highest BCUT2D eigenvalue weighted by Crippen LogP contribution is 2.48. The molecule has 2 bridgehead atoms. The fraction of sp³-hybridized carbons (Fsp3) is 0.478. The van der Waals surface area contributed by atoms with Crippen LogP contribution in [0.25, 0.3) is 27.1 Å². The summed E-state index contributed by atoms with van der Waals surface area (Å²) in [6, 6.07) is 3.24. The molecule has 0 aromatic carbocycles. The number of thiophene rings is 1. The molecule has 1 saturated heterocycles. The minimum absolute atomic E-state index is 0.453. The zero-order valence-electron chi connectivity index (χ0n) is 17.4. The highest BCUT2D eigenvalue weighted by molar-refractivity contribution is 7.18. The van der Waals surface area contributed by atoms with E-state index in [1.807, 2.05) is 15.9 Å². The van der Waals surface area contributed by atoms with E-state index in [0.717, 1.165) is 23.5 Å². The SMILES string of the molecule is Cc1c(-c2[nH]c3sc([C@@H]4CC5CC4CN5)cc3c2C(C)C)cn2ncnc2c1C. The second-order valence-corrected chi connectivity index (χ2v) is 10.3. The zero-order valence-corrected chi connectivity index (χ0v) is 18.2. The molecule has 29 heavy (non-hydrogen) atoms. The number of hydrogen-bond donors (Lipinski definition) is 2. The van der Waals surface area contributed by atoms with Crippen LogP contribution in [0, 0.1) is 19.8 Å². The normalized spacial score (nSPS) is 24.0. The molecule has 2 unspecified atom stereocenters. The first-order valence-corrected chi connectivity index (χ1v) is 11.5. The summed E-state index contributed by atoms with van der Waals surface area (Å²) in [7, 11) is 0. The van der Waals surface area contributed by atoms with E-state index in [4.69, 9.17) is 0 Å². The number of fused-ring (bicyclic) bond motifs is 4. The molecule has 3 atom stereocenters. The molecule has 2 aliphatic rings. The Hall–Kier alpha value is -2.18. The van der Waals surface area contributed by atoms with E-state index >= 15 is 0 Å². The van der Waals surface area contributed by atoms with E-state index in [0.29, 0.717) is 5.92 Å². The van der Waals surface area contributed by atoms with Gasteiger partial charge in [0.1, 0.15) is 11.2 Å². The molecule has 0 amide bonds. The summed E-state index contributed by atoms with van der Waals surface area (Å²) in [6.07, 6.45) is 6.43. The molecule has 1 aliphatic carbocycles. The molecule has 5 nitrogen and oxygen atoms in total. The van der Waals surface area contributed by atoms with E-state index in [1.54, 1.807) is 11.2 Å². The van der Waals surface area contributed by atoms with Gasteiger partial charge in [0.15, 0.2) is 5.65 Å². The Bertz CT molecular complexity index is 1240. The standard InChI is InChI=1S/C23H27N5S/c1-11(2)20-17-7-19(16-6-15-5-14(16)8-24-15)29-23(17)27-21(20)18-9-28-22(25-10-26-28)13(4)12(18)3/h7,9-11,14-16,24,27H,5-6,8H2,1-4H3/t14?,15?,16-/m1/s1. The van der Waals surface area contributed by atoms with Gasteiger partial charge in [0.05, 0.1) is 5.69 Å². The van der Waals surface area contributed by atoms with Crippen molar-refractivity contribution < 1.29 is 0 Å². The van der Waals surface area contributed by atoms with Crippen molar-refractivity contribution >= 4 is 27.2 Å². The van der Waals surface area contributed by atoms with Crippen molar-refractivity contribution in [2.45, 2.75) is 58.4 Å². The monoisotopic (exact) mass is 405 g/mol. The van der Waals surface area contributed by atoms with E-state index in [-0.39, 0.29) is 0 Å². The fourth-order valence-corrected chi connectivity index (χ4v) is 6.94. The predicted octanol–water partition coefficient (Wildman–Crippen LogP) is 5.14. The topological polar surface area (TPSA) is 58.0 Å². The molecule has 6 rings (SSSR count). The highest BCUT2D eigenvalue weighted by Gasteiger charge is 2.41. The number of H-pyrrole nitrogens is 1. The predicted molar refractivity (Wildman–Crippen MR) is 119 cm³/mol. The molecule has 2 fully saturated rings. The van der Waals surface area contributed by atoms with Crippen LogP contribution >= 0.6 is 11.3 Å². The number of piperidine rings is 1. The lowest BCUT2D eigenvalue weighted by Gasteiger charge is -2.21. The van der Waals surface area contributed by atoms with Gasteiger partial charge in [-0.25, -0.2) is 9.50 Å². The van der Waals surface area contributed by atoms with E-state index in [1.165, 1.54) is 57.6 Å². The molecule has 2 N–H and O–H groups in total. The third-order valence-corrected chi connectivity index (χ3v) is 8.43. The average Bonchev–Trinajstić information content (AvgIpc) is 3.48. The highest BCUT2D eigenvalue weighted by atomic mass is 32.1. The van der Waals surface area contributed by atoms with Crippen LogP contribution in [0.1, 0.15) is 60.1 Å². The smallest absolute Gasteiger partial charge is 0.158 e. The summed E-state index contributed by atoms with van der Waals surface area (Å²) in [5, 5.41) is 9.47. The number of aromatic nitrogens is 4. The third-order valence-electron chi connectivity index (χ3n) is 7.25. The van der Waals surface area contributed by atoms with Crippen molar-refractivity contribution in [3.05, 3.63) is 40.2 Å². The van der Waals surface area contributed by atoms with Gasteiger partial charge >= 0.3 is 0 Å². The van der Waals surface area contributed by atoms with Crippen LogP contribution in [-0.2, 0) is 0 Å². The summed E-state index contributed by atoms with van der Waals surface area (Å²) in [6.45, 7) is 10.2. The lowest BCUT2D eigenvalue weighted by molar-refractivity contribution is 0.446. The number of pyridine rings is 1. The van der Waals surface area contributed by atoms with E-state index < -0.39 is 0 Å². The summed E-state index contributed by atoms with van der Waals surface area (Å²) >= 11 is 1.98. The minimum Gasteiger partial charge on any atom is -0.346 e. The maximum atomic E-state index is 4.42. The fourth-order valence-electron chi connectivity index (χ4n) is 5.65. The summed E-state index contributed by atoms with van der Waals surface area (Å²) < 4.78 is 1.91. The zero-order chi connectivity index (χ0) is 19.9. The number of rotatable bonds is 3. The Morgan fingerprint density at radius 1 is 1.21 bits per heavy atom. The van der Waals surface area contributed by atoms with Gasteiger partial charge in [-0.1, -0.05) is 13.8 Å². The first-order valence-electron chi connectivity index (χ1n) is 10.7. The van der Waals surface area contributed by atoms with Crippen LogP contribution in [-0.4, -0.2) is 32.2 Å². The van der Waals surface area contributed by atoms with Gasteiger partial charge < -0.3 is 10.3 Å². The third kappa shape index (κ3) is 2.48. The van der Waals surface area contributed by atoms with Crippen molar-refractivity contribution in [3.63, 3.8) is 0 Å². The van der Waals surface area contributed by atoms with Gasteiger partial charge in [0.25, 0.3) is 0 Å². The first-order chi connectivity index (χ1) is 14.0. The lowest BCUT2D eigenvalue weighted by Crippen LogP contribution is -2.28. The molecular formula is C23H27N5S. The van der Waals surface area contributed by atoms with Gasteiger partial charge in [-0.3, -0.25) is 0 Å². The second kappa shape index (κ2) is 6.16. The van der Waals surface area contributed by atoms with E-state index in [9.17, 15) is 0 Å². The molecule has 1 saturated carbocycles. The van der Waals surface area contributed by atoms with Gasteiger partial charge in [-0.2, -0.15) is 5.10 Å². The quantitative estimate of drug-likeness (QED) is 0.496. The first kappa shape index (κ1) is 17.7. The molecule has 6 heteroatoms. The number of nitrogens with one attached hydrogen (secondary N) is 2. The molecular weight excluding hydrogens is 378 g/mol. The van der Waals surface area contributed by atoms with Crippen LogP contribution in [0.5, 0.6) is 0 Å². The summed E-state index contributed by atoms with van der Waals surface area (Å²) in [5.41, 5.74) is 7.34. The molecule has 0 spiro atoms. The van der Waals surface area contributed by atoms with Crippen LogP contribution in [0.15, 0.2) is 18.6 Å². The van der Waals surface area contributed by atoms with Crippen molar-refractivity contribution in [1.82, 2.24) is 24.9 Å². The van der Waals surface area contributed by atoms with Gasteiger partial charge in [-0.15, -0.1) is 11.3 Å². The molecule has 0 radical (unpaired) electrons.